The molecule has 36 heavy (non-hydrogen) atoms. The van der Waals surface area contributed by atoms with Crippen molar-refractivity contribution >= 4 is 16.6 Å². The summed E-state index contributed by atoms with van der Waals surface area (Å²) in [5.74, 6) is 0.0693. The van der Waals surface area contributed by atoms with Gasteiger partial charge in [0.15, 0.2) is 0 Å². The molecule has 0 saturated carbocycles. The molecule has 0 saturated heterocycles. The van der Waals surface area contributed by atoms with E-state index < -0.39 is 0 Å². The summed E-state index contributed by atoms with van der Waals surface area (Å²) in [6.45, 7) is 4.46. The molecule has 0 bridgehead atoms. The minimum atomic E-state index is -0.174. The van der Waals surface area contributed by atoms with Gasteiger partial charge < -0.3 is 5.73 Å². The average Bonchev–Trinajstić information content (AvgIpc) is 3.13. The van der Waals surface area contributed by atoms with Crippen LogP contribution in [0.2, 0.25) is 0 Å². The van der Waals surface area contributed by atoms with Gasteiger partial charge in [0, 0.05) is 16.5 Å². The van der Waals surface area contributed by atoms with Gasteiger partial charge in [-0.25, -0.2) is 0 Å². The Kier molecular flexibility index (Phi) is 4.81. The van der Waals surface area contributed by atoms with E-state index in [1.54, 1.807) is 0 Å². The fraction of sp³-hybridized carbons (Fsp3) is 0.0909. The van der Waals surface area contributed by atoms with Gasteiger partial charge in [-0.1, -0.05) is 92.7 Å². The molecule has 5 aromatic rings. The number of nitriles is 1. The molecule has 3 nitrogen and oxygen atoms in total. The smallest absolute Gasteiger partial charge is 0.123 e. The SMILES string of the molecule is CC1(C)c2cc(C#N)ccc2-c2ccc(-c3ccc(-c4c(C(=N)N)ccc5ccccc45)cc3)cc21. The number of nitrogens with one attached hydrogen (secondary N) is 1. The predicted molar refractivity (Wildman–Crippen MR) is 148 cm³/mol. The molecule has 1 aliphatic rings. The number of nitrogens with zero attached hydrogens (tertiary/aromatic N) is 1. The number of hydrogen-bond donors (Lipinski definition) is 2. The summed E-state index contributed by atoms with van der Waals surface area (Å²) in [7, 11) is 0. The van der Waals surface area contributed by atoms with Crippen LogP contribution in [-0.4, -0.2) is 5.84 Å². The minimum absolute atomic E-state index is 0.0693. The third kappa shape index (κ3) is 3.23. The first-order valence-electron chi connectivity index (χ1n) is 12.0. The molecule has 0 amide bonds. The first kappa shape index (κ1) is 21.8. The lowest BCUT2D eigenvalue weighted by molar-refractivity contribution is 0.660. The van der Waals surface area contributed by atoms with E-state index >= 15 is 0 Å². The number of benzene rings is 5. The highest BCUT2D eigenvalue weighted by molar-refractivity contribution is 6.10. The second-order valence-corrected chi connectivity index (χ2v) is 9.96. The highest BCUT2D eigenvalue weighted by atomic mass is 14.7. The number of nitrogens with two attached hydrogens (primary N) is 1. The van der Waals surface area contributed by atoms with Crippen molar-refractivity contribution in [3.05, 3.63) is 119 Å². The van der Waals surface area contributed by atoms with Crippen LogP contribution in [0.15, 0.2) is 97.1 Å². The van der Waals surface area contributed by atoms with Crippen LogP contribution in [0, 0.1) is 16.7 Å². The van der Waals surface area contributed by atoms with Gasteiger partial charge in [-0.3, -0.25) is 5.41 Å². The fourth-order valence-corrected chi connectivity index (χ4v) is 5.62. The molecule has 3 N–H and O–H groups in total. The predicted octanol–water partition coefficient (Wildman–Crippen LogP) is 7.64. The van der Waals surface area contributed by atoms with Gasteiger partial charge in [-0.2, -0.15) is 5.26 Å². The van der Waals surface area contributed by atoms with Crippen molar-refractivity contribution in [3.8, 4) is 39.4 Å². The van der Waals surface area contributed by atoms with Gasteiger partial charge in [0.05, 0.1) is 11.6 Å². The van der Waals surface area contributed by atoms with E-state index in [-0.39, 0.29) is 11.3 Å². The zero-order valence-electron chi connectivity index (χ0n) is 20.3. The Balaban J connectivity index is 1.43. The number of nitrogen functional groups attached to an aromatic ring is 1. The van der Waals surface area contributed by atoms with E-state index in [2.05, 4.69) is 80.6 Å². The van der Waals surface area contributed by atoms with Crippen LogP contribution >= 0.6 is 0 Å². The number of rotatable bonds is 3. The van der Waals surface area contributed by atoms with Crippen molar-refractivity contribution in [2.75, 3.05) is 0 Å². The van der Waals surface area contributed by atoms with Crippen LogP contribution in [0.5, 0.6) is 0 Å². The molecule has 0 unspecified atom stereocenters. The topological polar surface area (TPSA) is 73.7 Å². The zero-order chi connectivity index (χ0) is 25.0. The molecule has 0 aliphatic heterocycles. The van der Waals surface area contributed by atoms with E-state index in [0.717, 1.165) is 38.6 Å². The maximum atomic E-state index is 9.39. The van der Waals surface area contributed by atoms with E-state index in [9.17, 15) is 5.26 Å². The quantitative estimate of drug-likeness (QED) is 0.213. The summed E-state index contributed by atoms with van der Waals surface area (Å²) in [5.41, 5.74) is 16.5. The van der Waals surface area contributed by atoms with Crippen molar-refractivity contribution in [1.82, 2.24) is 0 Å². The van der Waals surface area contributed by atoms with Gasteiger partial charge in [-0.15, -0.1) is 0 Å². The lowest BCUT2D eigenvalue weighted by Gasteiger charge is -2.22. The van der Waals surface area contributed by atoms with Crippen LogP contribution in [0.4, 0.5) is 0 Å². The Hall–Kier alpha value is -4.68. The normalized spacial score (nSPS) is 13.1. The third-order valence-corrected chi connectivity index (χ3v) is 7.53. The number of hydrogen-bond acceptors (Lipinski definition) is 2. The summed E-state index contributed by atoms with van der Waals surface area (Å²) in [6.07, 6.45) is 0. The van der Waals surface area contributed by atoms with Crippen molar-refractivity contribution in [2.45, 2.75) is 19.3 Å². The first-order chi connectivity index (χ1) is 17.4. The monoisotopic (exact) mass is 463 g/mol. The highest BCUT2D eigenvalue weighted by Crippen LogP contribution is 2.50. The van der Waals surface area contributed by atoms with Crippen LogP contribution < -0.4 is 5.73 Å². The maximum absolute atomic E-state index is 9.39. The molecular formula is C33H25N3. The Labute approximate surface area is 211 Å². The standard InChI is InChI=1S/C33H25N3/c1-33(2)29-17-20(19-34)7-14-26(29)27-15-13-24(18-30(27)33)21-8-10-23(11-9-21)31-25-6-4-3-5-22(25)12-16-28(31)32(35)36/h3-18H,1-2H3,(H3,35,36). The lowest BCUT2D eigenvalue weighted by Crippen LogP contribution is -2.15. The van der Waals surface area contributed by atoms with E-state index in [0.29, 0.717) is 5.56 Å². The third-order valence-electron chi connectivity index (χ3n) is 7.53. The van der Waals surface area contributed by atoms with E-state index in [1.165, 1.54) is 22.3 Å². The molecule has 0 radical (unpaired) electrons. The first-order valence-corrected chi connectivity index (χ1v) is 12.0. The highest BCUT2D eigenvalue weighted by Gasteiger charge is 2.35. The summed E-state index contributed by atoms with van der Waals surface area (Å²) in [4.78, 5) is 0. The molecule has 1 aliphatic carbocycles. The molecule has 0 fully saturated rings. The van der Waals surface area contributed by atoms with Gasteiger partial charge in [0.1, 0.15) is 5.84 Å². The van der Waals surface area contributed by atoms with E-state index in [4.69, 9.17) is 11.1 Å². The molecular weight excluding hydrogens is 438 g/mol. The molecule has 3 heteroatoms. The van der Waals surface area contributed by atoms with Gasteiger partial charge >= 0.3 is 0 Å². The lowest BCUT2D eigenvalue weighted by atomic mass is 9.81. The summed E-state index contributed by atoms with van der Waals surface area (Å²) in [6, 6.07) is 35.7. The molecule has 6 rings (SSSR count). The molecule has 5 aromatic carbocycles. The van der Waals surface area contributed by atoms with E-state index in [1.807, 2.05) is 36.4 Å². The second-order valence-electron chi connectivity index (χ2n) is 9.96. The maximum Gasteiger partial charge on any atom is 0.123 e. The Bertz CT molecular complexity index is 1730. The number of fused-ring (bicyclic) bond motifs is 4. The Morgan fingerprint density at radius 2 is 1.39 bits per heavy atom. The summed E-state index contributed by atoms with van der Waals surface area (Å²) < 4.78 is 0. The molecule has 0 aromatic heterocycles. The molecule has 172 valence electrons. The van der Waals surface area contributed by atoms with Gasteiger partial charge in [0.25, 0.3) is 0 Å². The molecule has 0 heterocycles. The van der Waals surface area contributed by atoms with Crippen LogP contribution in [0.1, 0.15) is 36.1 Å². The summed E-state index contributed by atoms with van der Waals surface area (Å²) in [5, 5.41) is 19.7. The largest absolute Gasteiger partial charge is 0.384 e. The Morgan fingerprint density at radius 3 is 2.11 bits per heavy atom. The fourth-order valence-electron chi connectivity index (χ4n) is 5.62. The molecule has 0 spiro atoms. The van der Waals surface area contributed by atoms with Crippen LogP contribution in [0.25, 0.3) is 44.2 Å². The average molecular weight is 464 g/mol. The van der Waals surface area contributed by atoms with Crippen molar-refractivity contribution in [2.24, 2.45) is 5.73 Å². The second kappa shape index (κ2) is 7.93. The minimum Gasteiger partial charge on any atom is -0.384 e. The zero-order valence-corrected chi connectivity index (χ0v) is 20.3. The van der Waals surface area contributed by atoms with Crippen molar-refractivity contribution in [1.29, 1.82) is 10.7 Å². The molecule has 0 atom stereocenters. The van der Waals surface area contributed by atoms with Crippen LogP contribution in [0.3, 0.4) is 0 Å². The van der Waals surface area contributed by atoms with Crippen molar-refractivity contribution < 1.29 is 0 Å². The summed E-state index contributed by atoms with van der Waals surface area (Å²) >= 11 is 0. The number of amidine groups is 1. The van der Waals surface area contributed by atoms with Crippen molar-refractivity contribution in [3.63, 3.8) is 0 Å². The van der Waals surface area contributed by atoms with Crippen LogP contribution in [-0.2, 0) is 5.41 Å². The Morgan fingerprint density at radius 1 is 0.750 bits per heavy atom. The van der Waals surface area contributed by atoms with Gasteiger partial charge in [0.2, 0.25) is 0 Å². The van der Waals surface area contributed by atoms with Gasteiger partial charge in [-0.05, 0) is 67.9 Å².